The second-order valence-electron chi connectivity index (χ2n) is 7.90. The molecule has 132 valence electrons. The molecule has 6 heteroatoms. The Hall–Kier alpha value is -1.66. The average molecular weight is 349 g/mol. The largest absolute Gasteiger partial charge is 0.480 e. The van der Waals surface area contributed by atoms with Crippen LogP contribution in [0.4, 0.5) is 0 Å². The molecule has 0 saturated heterocycles. The maximum Gasteiger partial charge on any atom is 0.319 e. The maximum atomic E-state index is 12.1. The number of nitrogens with zero attached hydrogens (tertiary/aromatic N) is 1. The lowest BCUT2D eigenvalue weighted by atomic mass is 10.1. The van der Waals surface area contributed by atoms with E-state index in [1.165, 1.54) is 5.56 Å². The Balaban J connectivity index is 1.88. The Bertz CT molecular complexity index is 580. The van der Waals surface area contributed by atoms with Gasteiger partial charge in [0.05, 0.1) is 8.07 Å². The molecule has 0 unspecified atom stereocenters. The zero-order valence-electron chi connectivity index (χ0n) is 14.8. The molecule has 1 amide bonds. The molecule has 1 aromatic carbocycles. The molecule has 0 heterocycles. The minimum Gasteiger partial charge on any atom is -0.480 e. The molecule has 1 aromatic rings. The predicted octanol–water partition coefficient (Wildman–Crippen LogP) is 2.35. The molecule has 0 spiro atoms. The highest BCUT2D eigenvalue weighted by Gasteiger charge is 2.56. The Morgan fingerprint density at radius 2 is 1.83 bits per heavy atom. The van der Waals surface area contributed by atoms with Crippen molar-refractivity contribution in [3.05, 3.63) is 35.9 Å². The number of rotatable bonds is 9. The average Bonchev–Trinajstić information content (AvgIpc) is 3.28. The third-order valence-electron chi connectivity index (χ3n) is 4.25. The van der Waals surface area contributed by atoms with Crippen LogP contribution in [0.3, 0.4) is 0 Å². The second-order valence-corrected chi connectivity index (χ2v) is 13.3. The Morgan fingerprint density at radius 3 is 2.33 bits per heavy atom. The monoisotopic (exact) mass is 348 g/mol. The zero-order valence-corrected chi connectivity index (χ0v) is 15.8. The maximum absolute atomic E-state index is 12.1. The van der Waals surface area contributed by atoms with Crippen LogP contribution in [0.5, 0.6) is 0 Å². The smallest absolute Gasteiger partial charge is 0.319 e. The van der Waals surface area contributed by atoms with Gasteiger partial charge in [-0.2, -0.15) is 0 Å². The lowest BCUT2D eigenvalue weighted by molar-refractivity contribution is -0.149. The van der Waals surface area contributed by atoms with Gasteiger partial charge in [-0.25, -0.2) is 0 Å². The highest BCUT2D eigenvalue weighted by molar-refractivity contribution is 6.76. The zero-order chi connectivity index (χ0) is 17.8. The van der Waals surface area contributed by atoms with Gasteiger partial charge in [0.2, 0.25) is 5.91 Å². The van der Waals surface area contributed by atoms with Crippen molar-refractivity contribution in [1.29, 1.82) is 0 Å². The number of benzene rings is 1. The summed E-state index contributed by atoms with van der Waals surface area (Å²) in [4.78, 5) is 25.6. The number of nitrogens with one attached hydrogen (secondary N) is 1. The van der Waals surface area contributed by atoms with Crippen molar-refractivity contribution < 1.29 is 14.7 Å². The van der Waals surface area contributed by atoms with Crippen LogP contribution in [0.15, 0.2) is 30.3 Å². The van der Waals surface area contributed by atoms with E-state index in [0.29, 0.717) is 19.4 Å². The van der Waals surface area contributed by atoms with Gasteiger partial charge in [0.1, 0.15) is 5.41 Å². The topological polar surface area (TPSA) is 69.6 Å². The number of carboxylic acid groups (broad SMARTS) is 1. The summed E-state index contributed by atoms with van der Waals surface area (Å²) in [6.45, 7) is 9.06. The van der Waals surface area contributed by atoms with E-state index in [1.54, 1.807) is 0 Å². The van der Waals surface area contributed by atoms with Crippen molar-refractivity contribution in [2.75, 3.05) is 19.3 Å². The van der Waals surface area contributed by atoms with Crippen molar-refractivity contribution in [3.8, 4) is 0 Å². The van der Waals surface area contributed by atoms with Gasteiger partial charge in [0, 0.05) is 19.6 Å². The summed E-state index contributed by atoms with van der Waals surface area (Å²) in [5, 5.41) is 12.0. The predicted molar refractivity (Wildman–Crippen MR) is 97.4 cm³/mol. The number of amides is 1. The minimum atomic E-state index is -1.27. The lowest BCUT2D eigenvalue weighted by Crippen LogP contribution is -2.45. The summed E-state index contributed by atoms with van der Waals surface area (Å²) >= 11 is 0. The van der Waals surface area contributed by atoms with Crippen molar-refractivity contribution in [1.82, 2.24) is 10.2 Å². The fourth-order valence-corrected chi connectivity index (χ4v) is 4.50. The normalized spacial score (nSPS) is 16.0. The number of carboxylic acids is 1. The first-order valence-electron chi connectivity index (χ1n) is 8.51. The Morgan fingerprint density at radius 1 is 1.21 bits per heavy atom. The van der Waals surface area contributed by atoms with E-state index in [-0.39, 0.29) is 5.91 Å². The van der Waals surface area contributed by atoms with Crippen molar-refractivity contribution >= 4 is 20.0 Å². The fourth-order valence-electron chi connectivity index (χ4n) is 2.89. The number of carbonyl (C=O) groups excluding carboxylic acids is 1. The third kappa shape index (κ3) is 5.17. The van der Waals surface area contributed by atoms with Gasteiger partial charge in [-0.15, -0.1) is 0 Å². The van der Waals surface area contributed by atoms with Crippen LogP contribution in [-0.2, 0) is 16.1 Å². The van der Waals surface area contributed by atoms with Gasteiger partial charge in [0.25, 0.3) is 0 Å². The van der Waals surface area contributed by atoms with Gasteiger partial charge in [-0.3, -0.25) is 9.59 Å². The minimum absolute atomic E-state index is 0.331. The molecule has 2 N–H and O–H groups in total. The van der Waals surface area contributed by atoms with Gasteiger partial charge < -0.3 is 15.3 Å². The van der Waals surface area contributed by atoms with Crippen LogP contribution in [0.25, 0.3) is 0 Å². The van der Waals surface area contributed by atoms with E-state index in [4.69, 9.17) is 5.11 Å². The SMILES string of the molecule is C[Si](C)(C)CN(CCNC(=O)C1(C(=O)O)CC1)Cc1ccccc1. The van der Waals surface area contributed by atoms with Gasteiger partial charge in [-0.05, 0) is 24.6 Å². The molecule has 1 aliphatic carbocycles. The number of aliphatic carboxylic acids is 1. The summed E-state index contributed by atoms with van der Waals surface area (Å²) in [6, 6.07) is 10.3. The first-order valence-corrected chi connectivity index (χ1v) is 12.2. The van der Waals surface area contributed by atoms with Gasteiger partial charge in [-0.1, -0.05) is 50.0 Å². The van der Waals surface area contributed by atoms with Gasteiger partial charge >= 0.3 is 5.97 Å². The highest BCUT2D eigenvalue weighted by atomic mass is 28.3. The quantitative estimate of drug-likeness (QED) is 0.531. The summed E-state index contributed by atoms with van der Waals surface area (Å²) in [5.74, 6) is -1.33. The van der Waals surface area contributed by atoms with E-state index in [9.17, 15) is 9.59 Å². The molecule has 2 rings (SSSR count). The molecule has 1 fully saturated rings. The summed E-state index contributed by atoms with van der Waals surface area (Å²) in [7, 11) is -1.27. The van der Waals surface area contributed by atoms with Crippen molar-refractivity contribution in [2.24, 2.45) is 5.41 Å². The highest BCUT2D eigenvalue weighted by Crippen LogP contribution is 2.45. The molecule has 5 nitrogen and oxygen atoms in total. The molecular formula is C18H28N2O3Si. The lowest BCUT2D eigenvalue weighted by Gasteiger charge is -2.29. The van der Waals surface area contributed by atoms with Crippen LogP contribution >= 0.6 is 0 Å². The van der Waals surface area contributed by atoms with E-state index in [2.05, 4.69) is 42.0 Å². The second kappa shape index (κ2) is 7.48. The van der Waals surface area contributed by atoms with Crippen LogP contribution in [0, 0.1) is 5.41 Å². The molecule has 1 aliphatic rings. The molecule has 0 aliphatic heterocycles. The third-order valence-corrected chi connectivity index (χ3v) is 5.65. The molecule has 0 atom stereocenters. The van der Waals surface area contributed by atoms with E-state index in [0.717, 1.165) is 19.3 Å². The molecule has 1 saturated carbocycles. The van der Waals surface area contributed by atoms with E-state index in [1.807, 2.05) is 18.2 Å². The van der Waals surface area contributed by atoms with E-state index < -0.39 is 19.5 Å². The molecule has 0 aromatic heterocycles. The fraction of sp³-hybridized carbons (Fsp3) is 0.556. The summed E-state index contributed by atoms with van der Waals surface area (Å²) < 4.78 is 0. The van der Waals surface area contributed by atoms with Crippen LogP contribution in [-0.4, -0.2) is 49.2 Å². The Kier molecular flexibility index (Phi) is 5.82. The van der Waals surface area contributed by atoms with Crippen LogP contribution in [0.1, 0.15) is 18.4 Å². The standard InChI is InChI=1S/C18H28N2O3Si/c1-24(2,3)14-20(13-15-7-5-4-6-8-15)12-11-19-16(21)18(9-10-18)17(22)23/h4-8H,9-14H2,1-3H3,(H,19,21)(H,22,23). The summed E-state index contributed by atoms with van der Waals surface area (Å²) in [6.07, 6.45) is 1.95. The first-order chi connectivity index (χ1) is 11.2. The van der Waals surface area contributed by atoms with Crippen molar-refractivity contribution in [2.45, 2.75) is 39.0 Å². The van der Waals surface area contributed by atoms with E-state index >= 15 is 0 Å². The molecule has 0 bridgehead atoms. The van der Waals surface area contributed by atoms with Crippen molar-refractivity contribution in [3.63, 3.8) is 0 Å². The first kappa shape index (κ1) is 18.7. The molecule has 24 heavy (non-hydrogen) atoms. The Labute approximate surface area is 145 Å². The number of hydrogen-bond acceptors (Lipinski definition) is 3. The van der Waals surface area contributed by atoms with Crippen LogP contribution < -0.4 is 5.32 Å². The molecule has 0 radical (unpaired) electrons. The summed E-state index contributed by atoms with van der Waals surface area (Å²) in [5.41, 5.74) is 0.106. The number of hydrogen-bond donors (Lipinski definition) is 2. The van der Waals surface area contributed by atoms with Crippen LogP contribution in [0.2, 0.25) is 19.6 Å². The number of carbonyl (C=O) groups is 2. The van der Waals surface area contributed by atoms with Gasteiger partial charge in [0.15, 0.2) is 0 Å². The molecular weight excluding hydrogens is 320 g/mol.